The molecular formula is C12H18O2S. The minimum atomic E-state index is 0.120. The second-order valence-corrected chi connectivity index (χ2v) is 4.37. The Morgan fingerprint density at radius 3 is 2.60 bits per heavy atom. The summed E-state index contributed by atoms with van der Waals surface area (Å²) >= 11 is 1.83. The predicted octanol–water partition coefficient (Wildman–Crippen LogP) is 2.70. The monoisotopic (exact) mass is 226 g/mol. The van der Waals surface area contributed by atoms with Crippen molar-refractivity contribution in [2.75, 3.05) is 19.0 Å². The fraction of sp³-hybridized carbons (Fsp3) is 0.500. The van der Waals surface area contributed by atoms with Gasteiger partial charge < -0.3 is 9.84 Å². The van der Waals surface area contributed by atoms with Crippen molar-refractivity contribution in [1.29, 1.82) is 0 Å². The van der Waals surface area contributed by atoms with Gasteiger partial charge in [0.25, 0.3) is 0 Å². The lowest BCUT2D eigenvalue weighted by Crippen LogP contribution is -1.94. The third-order valence-electron chi connectivity index (χ3n) is 2.01. The molecule has 0 spiro atoms. The molecule has 1 aromatic rings. The Balaban J connectivity index is 2.20. The van der Waals surface area contributed by atoms with Gasteiger partial charge in [-0.1, -0.05) is 12.1 Å². The summed E-state index contributed by atoms with van der Waals surface area (Å²) in [7, 11) is 0. The van der Waals surface area contributed by atoms with Crippen LogP contribution in [0.25, 0.3) is 0 Å². The van der Waals surface area contributed by atoms with Crippen molar-refractivity contribution in [3.05, 3.63) is 29.8 Å². The Kier molecular flexibility index (Phi) is 6.48. The van der Waals surface area contributed by atoms with Crippen LogP contribution < -0.4 is 0 Å². The van der Waals surface area contributed by atoms with E-state index in [1.807, 2.05) is 30.8 Å². The van der Waals surface area contributed by atoms with Crippen LogP contribution in [0.1, 0.15) is 18.9 Å². The molecule has 0 aromatic heterocycles. The fourth-order valence-corrected chi connectivity index (χ4v) is 2.01. The van der Waals surface area contributed by atoms with E-state index >= 15 is 0 Å². The van der Waals surface area contributed by atoms with Gasteiger partial charge in [-0.3, -0.25) is 0 Å². The maximum atomic E-state index is 8.88. The average molecular weight is 226 g/mol. The van der Waals surface area contributed by atoms with Crippen LogP contribution in [0.3, 0.4) is 0 Å². The molecule has 0 aliphatic heterocycles. The quantitative estimate of drug-likeness (QED) is 0.572. The lowest BCUT2D eigenvalue weighted by atomic mass is 10.2. The Bertz CT molecular complexity index is 259. The Labute approximate surface area is 95.7 Å². The van der Waals surface area contributed by atoms with Gasteiger partial charge >= 0.3 is 0 Å². The Hall–Kier alpha value is -0.510. The third kappa shape index (κ3) is 5.21. The van der Waals surface area contributed by atoms with Crippen molar-refractivity contribution in [3.8, 4) is 0 Å². The van der Waals surface area contributed by atoms with E-state index in [0.29, 0.717) is 0 Å². The molecular weight excluding hydrogens is 208 g/mol. The van der Waals surface area contributed by atoms with Gasteiger partial charge in [0.05, 0.1) is 6.61 Å². The van der Waals surface area contributed by atoms with E-state index in [1.165, 1.54) is 4.90 Å². The molecule has 0 heterocycles. The van der Waals surface area contributed by atoms with Crippen molar-refractivity contribution >= 4 is 11.8 Å². The van der Waals surface area contributed by atoms with Gasteiger partial charge in [-0.15, -0.1) is 11.8 Å². The summed E-state index contributed by atoms with van der Waals surface area (Å²) in [6.45, 7) is 3.78. The summed E-state index contributed by atoms with van der Waals surface area (Å²) in [5, 5.41) is 8.88. The summed E-state index contributed by atoms with van der Waals surface area (Å²) in [6, 6.07) is 8.03. The summed E-state index contributed by atoms with van der Waals surface area (Å²) in [6.07, 6.45) is 1.08. The van der Waals surface area contributed by atoms with Crippen LogP contribution in [0.4, 0.5) is 0 Å². The van der Waals surface area contributed by atoms with Crippen LogP contribution in [0, 0.1) is 0 Å². The van der Waals surface area contributed by atoms with E-state index in [9.17, 15) is 0 Å². The highest BCUT2D eigenvalue weighted by molar-refractivity contribution is 7.99. The van der Waals surface area contributed by atoms with Crippen LogP contribution in [0.15, 0.2) is 29.2 Å². The largest absolute Gasteiger partial charge is 0.392 e. The Morgan fingerprint density at radius 2 is 2.00 bits per heavy atom. The van der Waals surface area contributed by atoms with E-state index in [0.717, 1.165) is 31.0 Å². The van der Waals surface area contributed by atoms with Crippen LogP contribution in [-0.2, 0) is 11.3 Å². The summed E-state index contributed by atoms with van der Waals surface area (Å²) in [4.78, 5) is 1.25. The SMILES string of the molecule is CCOCCCSc1ccc(CO)cc1. The molecule has 84 valence electrons. The van der Waals surface area contributed by atoms with E-state index in [4.69, 9.17) is 9.84 Å². The zero-order chi connectivity index (χ0) is 10.9. The lowest BCUT2D eigenvalue weighted by Gasteiger charge is -2.03. The summed E-state index contributed by atoms with van der Waals surface area (Å²) in [5.74, 6) is 1.08. The van der Waals surface area contributed by atoms with Gasteiger partial charge in [-0.25, -0.2) is 0 Å². The van der Waals surface area contributed by atoms with Crippen molar-refractivity contribution in [2.24, 2.45) is 0 Å². The first-order valence-electron chi connectivity index (χ1n) is 5.27. The first-order valence-corrected chi connectivity index (χ1v) is 6.25. The molecule has 0 aliphatic rings. The number of hydrogen-bond donors (Lipinski definition) is 1. The van der Waals surface area contributed by atoms with Crippen molar-refractivity contribution in [1.82, 2.24) is 0 Å². The van der Waals surface area contributed by atoms with Gasteiger partial charge in [0, 0.05) is 23.9 Å². The number of thioether (sulfide) groups is 1. The van der Waals surface area contributed by atoms with E-state index in [1.54, 1.807) is 0 Å². The molecule has 1 aromatic carbocycles. The minimum absolute atomic E-state index is 0.120. The molecule has 0 aliphatic carbocycles. The number of rotatable bonds is 7. The second-order valence-electron chi connectivity index (χ2n) is 3.20. The number of benzene rings is 1. The molecule has 0 unspecified atom stereocenters. The molecule has 0 saturated heterocycles. The van der Waals surface area contributed by atoms with E-state index in [2.05, 4.69) is 12.1 Å². The van der Waals surface area contributed by atoms with E-state index in [-0.39, 0.29) is 6.61 Å². The normalized spacial score (nSPS) is 10.5. The molecule has 1 N–H and O–H groups in total. The molecule has 0 fully saturated rings. The zero-order valence-corrected chi connectivity index (χ0v) is 9.93. The first kappa shape index (κ1) is 12.6. The number of aliphatic hydroxyl groups excluding tert-OH is 1. The average Bonchev–Trinajstić information content (AvgIpc) is 2.30. The highest BCUT2D eigenvalue weighted by atomic mass is 32.2. The van der Waals surface area contributed by atoms with Crippen molar-refractivity contribution < 1.29 is 9.84 Å². The predicted molar refractivity (Wildman–Crippen MR) is 64.2 cm³/mol. The maximum Gasteiger partial charge on any atom is 0.0681 e. The van der Waals surface area contributed by atoms with Crippen molar-refractivity contribution in [3.63, 3.8) is 0 Å². The van der Waals surface area contributed by atoms with E-state index < -0.39 is 0 Å². The van der Waals surface area contributed by atoms with Crippen LogP contribution in [0.5, 0.6) is 0 Å². The molecule has 0 bridgehead atoms. The highest BCUT2D eigenvalue weighted by Crippen LogP contribution is 2.19. The molecule has 3 heteroatoms. The van der Waals surface area contributed by atoms with Crippen molar-refractivity contribution in [2.45, 2.75) is 24.8 Å². The molecule has 1 rings (SSSR count). The number of ether oxygens (including phenoxy) is 1. The zero-order valence-electron chi connectivity index (χ0n) is 9.11. The lowest BCUT2D eigenvalue weighted by molar-refractivity contribution is 0.149. The third-order valence-corrected chi connectivity index (χ3v) is 3.11. The maximum absolute atomic E-state index is 8.88. The van der Waals surface area contributed by atoms with Gasteiger partial charge in [0.15, 0.2) is 0 Å². The second kappa shape index (κ2) is 7.74. The van der Waals surface area contributed by atoms with Gasteiger partial charge in [-0.2, -0.15) is 0 Å². The summed E-state index contributed by atoms with van der Waals surface area (Å²) in [5.41, 5.74) is 0.966. The summed E-state index contributed by atoms with van der Waals surface area (Å²) < 4.78 is 5.26. The van der Waals surface area contributed by atoms with Crippen LogP contribution >= 0.6 is 11.8 Å². The molecule has 0 radical (unpaired) electrons. The molecule has 0 amide bonds. The van der Waals surface area contributed by atoms with Gasteiger partial charge in [0.2, 0.25) is 0 Å². The molecule has 0 atom stereocenters. The standard InChI is InChI=1S/C12H18O2S/c1-2-14-8-3-9-15-12-6-4-11(10-13)5-7-12/h4-7,13H,2-3,8-10H2,1H3. The fourth-order valence-electron chi connectivity index (χ4n) is 1.19. The molecule has 0 saturated carbocycles. The first-order chi connectivity index (χ1) is 7.36. The number of hydrogen-bond acceptors (Lipinski definition) is 3. The minimum Gasteiger partial charge on any atom is -0.392 e. The molecule has 2 nitrogen and oxygen atoms in total. The number of aliphatic hydroxyl groups is 1. The smallest absolute Gasteiger partial charge is 0.0681 e. The Morgan fingerprint density at radius 1 is 1.27 bits per heavy atom. The van der Waals surface area contributed by atoms with Crippen LogP contribution in [0.2, 0.25) is 0 Å². The molecule has 15 heavy (non-hydrogen) atoms. The van der Waals surface area contributed by atoms with Gasteiger partial charge in [0.1, 0.15) is 0 Å². The van der Waals surface area contributed by atoms with Crippen LogP contribution in [-0.4, -0.2) is 24.1 Å². The van der Waals surface area contributed by atoms with Gasteiger partial charge in [-0.05, 0) is 31.0 Å². The highest BCUT2D eigenvalue weighted by Gasteiger charge is 1.95. The topological polar surface area (TPSA) is 29.5 Å².